The molecule has 150 valence electrons. The summed E-state index contributed by atoms with van der Waals surface area (Å²) in [6, 6.07) is 10.1. The van der Waals surface area contributed by atoms with Gasteiger partial charge in [-0.2, -0.15) is 0 Å². The van der Waals surface area contributed by atoms with Crippen molar-refractivity contribution in [2.45, 2.75) is 38.8 Å². The van der Waals surface area contributed by atoms with Gasteiger partial charge < -0.3 is 10.1 Å². The van der Waals surface area contributed by atoms with Crippen molar-refractivity contribution in [3.8, 4) is 5.75 Å². The van der Waals surface area contributed by atoms with Gasteiger partial charge in [-0.15, -0.1) is 0 Å². The molecule has 1 aliphatic rings. The lowest BCUT2D eigenvalue weighted by atomic mass is 9.88. The number of halogens is 1. The number of hydrogen-bond acceptors (Lipinski definition) is 4. The summed E-state index contributed by atoms with van der Waals surface area (Å²) in [7, 11) is -3.42. The van der Waals surface area contributed by atoms with Crippen molar-refractivity contribution in [1.82, 2.24) is 5.32 Å². The lowest BCUT2D eigenvalue weighted by molar-refractivity contribution is 0.0619. The molecule has 0 aliphatic carbocycles. The fourth-order valence-corrected chi connectivity index (χ4v) is 4.14. The normalized spacial score (nSPS) is 18.0. The van der Waals surface area contributed by atoms with Crippen LogP contribution in [0.5, 0.6) is 5.75 Å². The molecule has 1 atom stereocenters. The first-order chi connectivity index (χ1) is 12.9. The average molecular weight is 423 g/mol. The van der Waals surface area contributed by atoms with E-state index in [1.54, 1.807) is 0 Å². The average Bonchev–Trinajstić information content (AvgIpc) is 2.53. The van der Waals surface area contributed by atoms with Crippen molar-refractivity contribution in [2.24, 2.45) is 0 Å². The minimum absolute atomic E-state index is 0.168. The second-order valence-electron chi connectivity index (χ2n) is 7.70. The number of benzene rings is 2. The Morgan fingerprint density at radius 1 is 1.21 bits per heavy atom. The fraction of sp³-hybridized carbons (Fsp3) is 0.350. The van der Waals surface area contributed by atoms with Crippen molar-refractivity contribution in [2.75, 3.05) is 11.0 Å². The van der Waals surface area contributed by atoms with E-state index in [4.69, 9.17) is 16.3 Å². The summed E-state index contributed by atoms with van der Waals surface area (Å²) in [5, 5.41) is 3.21. The highest BCUT2D eigenvalue weighted by molar-refractivity contribution is 7.92. The predicted octanol–water partition coefficient (Wildman–Crippen LogP) is 4.05. The number of sulfonamides is 1. The van der Waals surface area contributed by atoms with E-state index in [2.05, 4.69) is 10.0 Å². The van der Waals surface area contributed by atoms with Gasteiger partial charge in [0.15, 0.2) is 0 Å². The maximum atomic E-state index is 12.9. The summed E-state index contributed by atoms with van der Waals surface area (Å²) in [5.74, 6) is 0.428. The number of carbonyl (C=O) groups excluding carboxylic acids is 1. The molecule has 2 aromatic carbocycles. The van der Waals surface area contributed by atoms with Crippen LogP contribution in [-0.4, -0.2) is 26.2 Å². The highest BCUT2D eigenvalue weighted by atomic mass is 35.5. The topological polar surface area (TPSA) is 84.5 Å². The van der Waals surface area contributed by atoms with Crippen LogP contribution in [-0.2, 0) is 10.0 Å². The monoisotopic (exact) mass is 422 g/mol. The minimum atomic E-state index is -3.42. The first-order valence-corrected chi connectivity index (χ1v) is 11.1. The standard InChI is InChI=1S/C20H23ClN2O4S/c1-12-5-8-18-15(9-12)17(11-20(2,3)27-18)22-19(24)14-7-6-13(10-16(14)21)23-28(4,25)26/h5-10,17,23H,11H2,1-4H3,(H,22,24). The van der Waals surface area contributed by atoms with Crippen molar-refractivity contribution in [1.29, 1.82) is 0 Å². The Labute approximate surface area is 170 Å². The van der Waals surface area contributed by atoms with E-state index in [9.17, 15) is 13.2 Å². The van der Waals surface area contributed by atoms with Gasteiger partial charge in [0.25, 0.3) is 5.91 Å². The zero-order valence-electron chi connectivity index (χ0n) is 16.2. The molecule has 1 heterocycles. The van der Waals surface area contributed by atoms with Crippen molar-refractivity contribution >= 4 is 33.2 Å². The maximum Gasteiger partial charge on any atom is 0.253 e. The van der Waals surface area contributed by atoms with Crippen LogP contribution in [0, 0.1) is 6.92 Å². The summed E-state index contributed by atoms with van der Waals surface area (Å²) in [6.45, 7) is 5.95. The Bertz CT molecular complexity index is 1030. The first kappa shape index (κ1) is 20.5. The van der Waals surface area contributed by atoms with E-state index < -0.39 is 15.6 Å². The van der Waals surface area contributed by atoms with Gasteiger partial charge in [-0.05, 0) is 45.0 Å². The number of amides is 1. The molecule has 0 radical (unpaired) electrons. The Kier molecular flexibility index (Phi) is 5.34. The zero-order valence-corrected chi connectivity index (χ0v) is 17.7. The third kappa shape index (κ3) is 4.77. The van der Waals surface area contributed by atoms with Gasteiger partial charge in [0.2, 0.25) is 10.0 Å². The van der Waals surface area contributed by atoms with Crippen LogP contribution in [0.1, 0.15) is 47.8 Å². The van der Waals surface area contributed by atoms with Crippen LogP contribution < -0.4 is 14.8 Å². The zero-order chi connectivity index (χ0) is 20.7. The number of aryl methyl sites for hydroxylation is 1. The number of carbonyl (C=O) groups is 1. The Balaban J connectivity index is 1.86. The molecule has 2 aromatic rings. The molecule has 0 spiro atoms. The SMILES string of the molecule is Cc1ccc2c(c1)C(NC(=O)c1ccc(NS(C)(=O)=O)cc1Cl)CC(C)(C)O2. The summed E-state index contributed by atoms with van der Waals surface area (Å²) in [5.41, 5.74) is 2.17. The van der Waals surface area contributed by atoms with Gasteiger partial charge in [0.05, 0.1) is 22.9 Å². The number of hydrogen-bond donors (Lipinski definition) is 2. The van der Waals surface area contributed by atoms with Crippen molar-refractivity contribution in [3.63, 3.8) is 0 Å². The van der Waals surface area contributed by atoms with E-state index in [0.29, 0.717) is 12.1 Å². The molecule has 3 rings (SSSR count). The summed E-state index contributed by atoms with van der Waals surface area (Å²) in [4.78, 5) is 12.9. The third-order valence-electron chi connectivity index (χ3n) is 4.44. The Morgan fingerprint density at radius 2 is 1.93 bits per heavy atom. The second-order valence-corrected chi connectivity index (χ2v) is 9.86. The Morgan fingerprint density at radius 3 is 2.57 bits per heavy atom. The first-order valence-electron chi connectivity index (χ1n) is 8.81. The molecule has 0 bridgehead atoms. The number of ether oxygens (including phenoxy) is 1. The lowest BCUT2D eigenvalue weighted by Gasteiger charge is -2.38. The molecule has 0 saturated carbocycles. The molecular formula is C20H23ClN2O4S. The van der Waals surface area contributed by atoms with Gasteiger partial charge in [-0.25, -0.2) is 8.42 Å². The molecule has 0 fully saturated rings. The lowest BCUT2D eigenvalue weighted by Crippen LogP contribution is -2.41. The molecule has 8 heteroatoms. The molecular weight excluding hydrogens is 400 g/mol. The van der Waals surface area contributed by atoms with Gasteiger partial charge in [0.1, 0.15) is 11.4 Å². The molecule has 28 heavy (non-hydrogen) atoms. The number of nitrogens with one attached hydrogen (secondary N) is 2. The van der Waals surface area contributed by atoms with Gasteiger partial charge >= 0.3 is 0 Å². The van der Waals surface area contributed by atoms with Crippen LogP contribution in [0.2, 0.25) is 5.02 Å². The van der Waals surface area contributed by atoms with E-state index >= 15 is 0 Å². The van der Waals surface area contributed by atoms with Crippen molar-refractivity contribution < 1.29 is 17.9 Å². The van der Waals surface area contributed by atoms with Crippen molar-refractivity contribution in [3.05, 3.63) is 58.1 Å². The number of rotatable bonds is 4. The van der Waals surface area contributed by atoms with Crippen LogP contribution in [0.4, 0.5) is 5.69 Å². The van der Waals surface area contributed by atoms with E-state index in [0.717, 1.165) is 23.1 Å². The molecule has 1 unspecified atom stereocenters. The number of anilines is 1. The third-order valence-corrected chi connectivity index (χ3v) is 5.36. The molecule has 2 N–H and O–H groups in total. The highest BCUT2D eigenvalue weighted by Crippen LogP contribution is 2.40. The van der Waals surface area contributed by atoms with Gasteiger partial charge in [0, 0.05) is 17.7 Å². The van der Waals surface area contributed by atoms with E-state index in [-0.39, 0.29) is 22.5 Å². The predicted molar refractivity (Wildman–Crippen MR) is 111 cm³/mol. The molecule has 1 aliphatic heterocycles. The largest absolute Gasteiger partial charge is 0.487 e. The maximum absolute atomic E-state index is 12.9. The number of fused-ring (bicyclic) bond motifs is 1. The minimum Gasteiger partial charge on any atom is -0.487 e. The molecule has 0 saturated heterocycles. The van der Waals surface area contributed by atoms with Crippen LogP contribution in [0.15, 0.2) is 36.4 Å². The quantitative estimate of drug-likeness (QED) is 0.778. The Hall–Kier alpha value is -2.25. The van der Waals surface area contributed by atoms with Gasteiger partial charge in [-0.1, -0.05) is 29.3 Å². The fourth-order valence-electron chi connectivity index (χ4n) is 3.32. The molecule has 0 aromatic heterocycles. The van der Waals surface area contributed by atoms with E-state index in [1.807, 2.05) is 39.0 Å². The van der Waals surface area contributed by atoms with E-state index in [1.165, 1.54) is 18.2 Å². The van der Waals surface area contributed by atoms with Crippen LogP contribution in [0.3, 0.4) is 0 Å². The molecule has 1 amide bonds. The van der Waals surface area contributed by atoms with Gasteiger partial charge in [-0.3, -0.25) is 9.52 Å². The van der Waals surface area contributed by atoms with Crippen LogP contribution >= 0.6 is 11.6 Å². The smallest absolute Gasteiger partial charge is 0.253 e. The summed E-state index contributed by atoms with van der Waals surface area (Å²) < 4.78 is 31.1. The summed E-state index contributed by atoms with van der Waals surface area (Å²) in [6.07, 6.45) is 1.66. The van der Waals surface area contributed by atoms with Crippen LogP contribution in [0.25, 0.3) is 0 Å². The second kappa shape index (κ2) is 7.29. The highest BCUT2D eigenvalue weighted by Gasteiger charge is 2.34. The summed E-state index contributed by atoms with van der Waals surface area (Å²) >= 11 is 6.23. The molecule has 6 nitrogen and oxygen atoms in total.